The number of rotatable bonds is 4. The standard InChI is InChI=1S/C14H18N2O/c1-10-5-3-4-6-12(10)8-14-16-13(9-17-14)7-11(2)15/h3-6,9,11H,7-8,15H2,1-2H3. The molecule has 2 rings (SSSR count). The van der Waals surface area contributed by atoms with Crippen LogP contribution < -0.4 is 5.73 Å². The molecule has 0 aliphatic carbocycles. The van der Waals surface area contributed by atoms with Crippen LogP contribution in [0.25, 0.3) is 0 Å². The fraction of sp³-hybridized carbons (Fsp3) is 0.357. The third kappa shape index (κ3) is 3.17. The van der Waals surface area contributed by atoms with Gasteiger partial charge in [0, 0.05) is 18.9 Å². The molecule has 1 aromatic heterocycles. The minimum atomic E-state index is 0.117. The number of benzene rings is 1. The van der Waals surface area contributed by atoms with E-state index in [4.69, 9.17) is 10.2 Å². The summed E-state index contributed by atoms with van der Waals surface area (Å²) < 4.78 is 5.46. The zero-order valence-corrected chi connectivity index (χ0v) is 10.3. The lowest BCUT2D eigenvalue weighted by Gasteiger charge is -2.01. The molecule has 90 valence electrons. The first-order valence-electron chi connectivity index (χ1n) is 5.88. The molecule has 0 spiro atoms. The van der Waals surface area contributed by atoms with Crippen LogP contribution in [0.4, 0.5) is 0 Å². The Morgan fingerprint density at radius 1 is 1.35 bits per heavy atom. The van der Waals surface area contributed by atoms with E-state index in [0.717, 1.165) is 24.4 Å². The van der Waals surface area contributed by atoms with Gasteiger partial charge < -0.3 is 10.2 Å². The second-order valence-electron chi connectivity index (χ2n) is 4.52. The SMILES string of the molecule is Cc1ccccc1Cc1nc(CC(C)N)co1. The number of nitrogens with zero attached hydrogens (tertiary/aromatic N) is 1. The minimum absolute atomic E-state index is 0.117. The fourth-order valence-electron chi connectivity index (χ4n) is 1.83. The Kier molecular flexibility index (Phi) is 3.59. The second kappa shape index (κ2) is 5.15. The van der Waals surface area contributed by atoms with Crippen molar-refractivity contribution in [1.29, 1.82) is 0 Å². The third-order valence-electron chi connectivity index (χ3n) is 2.73. The van der Waals surface area contributed by atoms with E-state index in [1.165, 1.54) is 11.1 Å². The van der Waals surface area contributed by atoms with Crippen LogP contribution in [0, 0.1) is 6.92 Å². The Morgan fingerprint density at radius 3 is 2.82 bits per heavy atom. The van der Waals surface area contributed by atoms with Gasteiger partial charge in [-0.2, -0.15) is 0 Å². The van der Waals surface area contributed by atoms with Crippen LogP contribution in [0.2, 0.25) is 0 Å². The molecule has 2 aromatic rings. The Labute approximate surface area is 102 Å². The van der Waals surface area contributed by atoms with Crippen molar-refractivity contribution >= 4 is 0 Å². The lowest BCUT2D eigenvalue weighted by atomic mass is 10.1. The predicted molar refractivity (Wildman–Crippen MR) is 67.8 cm³/mol. The highest BCUT2D eigenvalue weighted by atomic mass is 16.3. The molecule has 3 heteroatoms. The third-order valence-corrected chi connectivity index (χ3v) is 2.73. The van der Waals surface area contributed by atoms with Crippen molar-refractivity contribution in [3.63, 3.8) is 0 Å². The fourth-order valence-corrected chi connectivity index (χ4v) is 1.83. The highest BCUT2D eigenvalue weighted by molar-refractivity contribution is 5.27. The van der Waals surface area contributed by atoms with E-state index in [1.807, 2.05) is 19.1 Å². The van der Waals surface area contributed by atoms with Gasteiger partial charge in [-0.25, -0.2) is 4.98 Å². The van der Waals surface area contributed by atoms with Gasteiger partial charge >= 0.3 is 0 Å². The molecule has 0 aliphatic rings. The van der Waals surface area contributed by atoms with Crippen molar-refractivity contribution < 1.29 is 4.42 Å². The maximum atomic E-state index is 5.73. The monoisotopic (exact) mass is 230 g/mol. The number of oxazole rings is 1. The van der Waals surface area contributed by atoms with E-state index >= 15 is 0 Å². The number of hydrogen-bond acceptors (Lipinski definition) is 3. The lowest BCUT2D eigenvalue weighted by Crippen LogP contribution is -2.17. The van der Waals surface area contributed by atoms with E-state index in [2.05, 4.69) is 24.0 Å². The maximum Gasteiger partial charge on any atom is 0.198 e. The largest absolute Gasteiger partial charge is 0.448 e. The molecule has 0 aliphatic heterocycles. The summed E-state index contributed by atoms with van der Waals surface area (Å²) in [4.78, 5) is 4.44. The molecule has 0 saturated carbocycles. The normalized spacial score (nSPS) is 12.6. The van der Waals surface area contributed by atoms with Gasteiger partial charge in [0.1, 0.15) is 6.26 Å². The van der Waals surface area contributed by atoms with Crippen molar-refractivity contribution in [3.8, 4) is 0 Å². The summed E-state index contributed by atoms with van der Waals surface area (Å²) in [5.41, 5.74) is 9.18. The first kappa shape index (κ1) is 11.9. The van der Waals surface area contributed by atoms with E-state index in [1.54, 1.807) is 6.26 Å². The Bertz CT molecular complexity index is 488. The molecule has 1 atom stereocenters. The zero-order valence-electron chi connectivity index (χ0n) is 10.3. The van der Waals surface area contributed by atoms with Crippen LogP contribution in [0.5, 0.6) is 0 Å². The summed E-state index contributed by atoms with van der Waals surface area (Å²) >= 11 is 0. The molecule has 0 fully saturated rings. The first-order valence-corrected chi connectivity index (χ1v) is 5.88. The zero-order chi connectivity index (χ0) is 12.3. The molecule has 1 heterocycles. The highest BCUT2D eigenvalue weighted by Crippen LogP contribution is 2.13. The van der Waals surface area contributed by atoms with Crippen LogP contribution >= 0.6 is 0 Å². The van der Waals surface area contributed by atoms with Gasteiger partial charge in [0.25, 0.3) is 0 Å². The van der Waals surface area contributed by atoms with E-state index < -0.39 is 0 Å². The minimum Gasteiger partial charge on any atom is -0.448 e. The molecular weight excluding hydrogens is 212 g/mol. The van der Waals surface area contributed by atoms with Gasteiger partial charge in [-0.15, -0.1) is 0 Å². The maximum absolute atomic E-state index is 5.73. The number of aromatic nitrogens is 1. The summed E-state index contributed by atoms with van der Waals surface area (Å²) in [6.07, 6.45) is 3.21. The van der Waals surface area contributed by atoms with Crippen molar-refractivity contribution in [2.24, 2.45) is 5.73 Å². The molecule has 1 unspecified atom stereocenters. The molecule has 0 radical (unpaired) electrons. The molecule has 0 bridgehead atoms. The quantitative estimate of drug-likeness (QED) is 0.877. The Hall–Kier alpha value is -1.61. The van der Waals surface area contributed by atoms with Crippen molar-refractivity contribution in [3.05, 3.63) is 53.2 Å². The summed E-state index contributed by atoms with van der Waals surface area (Å²) in [5, 5.41) is 0. The summed E-state index contributed by atoms with van der Waals surface area (Å²) in [5.74, 6) is 0.759. The van der Waals surface area contributed by atoms with E-state index in [0.29, 0.717) is 0 Å². The van der Waals surface area contributed by atoms with Gasteiger partial charge in [-0.3, -0.25) is 0 Å². The molecule has 0 saturated heterocycles. The van der Waals surface area contributed by atoms with E-state index in [-0.39, 0.29) is 6.04 Å². The number of nitrogens with two attached hydrogens (primary N) is 1. The van der Waals surface area contributed by atoms with Crippen LogP contribution in [-0.4, -0.2) is 11.0 Å². The predicted octanol–water partition coefficient (Wildman–Crippen LogP) is 2.46. The Morgan fingerprint density at radius 2 is 2.12 bits per heavy atom. The van der Waals surface area contributed by atoms with Gasteiger partial charge in [-0.05, 0) is 25.0 Å². The van der Waals surface area contributed by atoms with Crippen molar-refractivity contribution in [2.45, 2.75) is 32.7 Å². The van der Waals surface area contributed by atoms with Crippen LogP contribution in [-0.2, 0) is 12.8 Å². The summed E-state index contributed by atoms with van der Waals surface area (Å²) in [6.45, 7) is 4.07. The van der Waals surface area contributed by atoms with Gasteiger partial charge in [0.15, 0.2) is 5.89 Å². The van der Waals surface area contributed by atoms with Crippen LogP contribution in [0.15, 0.2) is 34.9 Å². The summed E-state index contributed by atoms with van der Waals surface area (Å²) in [7, 11) is 0. The molecule has 0 amide bonds. The van der Waals surface area contributed by atoms with Gasteiger partial charge in [-0.1, -0.05) is 24.3 Å². The van der Waals surface area contributed by atoms with Crippen LogP contribution in [0.3, 0.4) is 0 Å². The van der Waals surface area contributed by atoms with Crippen molar-refractivity contribution in [1.82, 2.24) is 4.98 Å². The smallest absolute Gasteiger partial charge is 0.198 e. The lowest BCUT2D eigenvalue weighted by molar-refractivity contribution is 0.505. The average Bonchev–Trinajstić information content (AvgIpc) is 2.68. The molecule has 3 nitrogen and oxygen atoms in total. The van der Waals surface area contributed by atoms with Crippen molar-refractivity contribution in [2.75, 3.05) is 0 Å². The van der Waals surface area contributed by atoms with E-state index in [9.17, 15) is 0 Å². The van der Waals surface area contributed by atoms with Gasteiger partial charge in [0.05, 0.1) is 5.69 Å². The topological polar surface area (TPSA) is 52.0 Å². The number of hydrogen-bond donors (Lipinski definition) is 1. The highest BCUT2D eigenvalue weighted by Gasteiger charge is 2.07. The molecule has 2 N–H and O–H groups in total. The van der Waals surface area contributed by atoms with Crippen LogP contribution in [0.1, 0.15) is 29.6 Å². The first-order chi connectivity index (χ1) is 8.15. The molecule has 1 aromatic carbocycles. The average molecular weight is 230 g/mol. The molecule has 17 heavy (non-hydrogen) atoms. The second-order valence-corrected chi connectivity index (χ2v) is 4.52. The Balaban J connectivity index is 2.09. The molecular formula is C14H18N2O. The number of aryl methyl sites for hydroxylation is 1. The van der Waals surface area contributed by atoms with Gasteiger partial charge in [0.2, 0.25) is 0 Å². The summed E-state index contributed by atoms with van der Waals surface area (Å²) in [6, 6.07) is 8.39.